The second-order valence-electron chi connectivity index (χ2n) is 3.93. The summed E-state index contributed by atoms with van der Waals surface area (Å²) in [6.45, 7) is 0.0829. The van der Waals surface area contributed by atoms with Crippen LogP contribution in [0.2, 0.25) is 0 Å². The number of nitrogens with one attached hydrogen (secondary N) is 2. The summed E-state index contributed by atoms with van der Waals surface area (Å²) in [6, 6.07) is 7.03. The molecule has 1 saturated heterocycles. The van der Waals surface area contributed by atoms with Crippen molar-refractivity contribution in [1.82, 2.24) is 5.32 Å². The van der Waals surface area contributed by atoms with Crippen LogP contribution in [0.3, 0.4) is 0 Å². The minimum Gasteiger partial charge on any atom is -0.328 e. The van der Waals surface area contributed by atoms with Gasteiger partial charge in [0.2, 0.25) is 0 Å². The highest BCUT2D eigenvalue weighted by molar-refractivity contribution is 6.19. The van der Waals surface area contributed by atoms with Crippen LogP contribution in [0, 0.1) is 0 Å². The quantitative estimate of drug-likeness (QED) is 0.661. The summed E-state index contributed by atoms with van der Waals surface area (Å²) in [7, 11) is 4.03. The molecule has 3 amide bonds. The molecule has 1 aromatic rings. The van der Waals surface area contributed by atoms with Gasteiger partial charge >= 0.3 is 6.03 Å². The molecule has 1 aromatic carbocycles. The summed E-state index contributed by atoms with van der Waals surface area (Å²) in [5.74, 6) is -0.213. The normalized spacial score (nSPS) is 15.8. The lowest BCUT2D eigenvalue weighted by Crippen LogP contribution is -3.00. The summed E-state index contributed by atoms with van der Waals surface area (Å²) in [4.78, 5) is 25.2. The molecule has 2 N–H and O–H groups in total. The zero-order valence-electron chi connectivity index (χ0n) is 9.28. The van der Waals surface area contributed by atoms with Gasteiger partial charge < -0.3 is 10.2 Å². The molecule has 1 heterocycles. The van der Waals surface area contributed by atoms with E-state index in [2.05, 4.69) is 5.32 Å². The molecule has 0 unspecified atom stereocenters. The number of carbonyl (C=O) groups excluding carboxylic acids is 2. The van der Waals surface area contributed by atoms with Crippen LogP contribution in [0.5, 0.6) is 0 Å². The maximum atomic E-state index is 11.4. The van der Waals surface area contributed by atoms with Crippen molar-refractivity contribution in [3.63, 3.8) is 0 Å². The van der Waals surface area contributed by atoms with Crippen molar-refractivity contribution in [1.29, 1.82) is 0 Å². The predicted octanol–water partition coefficient (Wildman–Crippen LogP) is -0.481. The highest BCUT2D eigenvalue weighted by Crippen LogP contribution is 2.18. The van der Waals surface area contributed by atoms with E-state index in [1.807, 2.05) is 26.2 Å². The Morgan fingerprint density at radius 1 is 1.19 bits per heavy atom. The molecule has 84 valence electrons. The molecule has 0 aliphatic carbocycles. The van der Waals surface area contributed by atoms with Gasteiger partial charge in [-0.1, -0.05) is 0 Å². The number of carbonyl (C=O) groups is 2. The number of hydrogen-bond acceptors (Lipinski definition) is 2. The van der Waals surface area contributed by atoms with Gasteiger partial charge in [0.1, 0.15) is 5.69 Å². The Morgan fingerprint density at radius 2 is 1.81 bits per heavy atom. The van der Waals surface area contributed by atoms with Crippen molar-refractivity contribution in [2.24, 2.45) is 0 Å². The van der Waals surface area contributed by atoms with Crippen LogP contribution >= 0.6 is 0 Å². The van der Waals surface area contributed by atoms with E-state index in [1.165, 1.54) is 4.90 Å². The van der Waals surface area contributed by atoms with E-state index in [9.17, 15) is 9.59 Å². The molecule has 16 heavy (non-hydrogen) atoms. The molecule has 5 nitrogen and oxygen atoms in total. The lowest BCUT2D eigenvalue weighted by Gasteiger charge is -2.13. The Bertz CT molecular complexity index is 409. The molecule has 1 aliphatic rings. The number of hydrogen-bond donors (Lipinski definition) is 2. The third kappa shape index (κ3) is 1.77. The van der Waals surface area contributed by atoms with Gasteiger partial charge in [-0.2, -0.15) is 0 Å². The van der Waals surface area contributed by atoms with E-state index in [1.54, 1.807) is 12.1 Å². The summed E-state index contributed by atoms with van der Waals surface area (Å²) in [5, 5.41) is 2.49. The van der Waals surface area contributed by atoms with Gasteiger partial charge in [-0.3, -0.25) is 4.79 Å². The number of urea groups is 1. The number of nitrogens with zero attached hydrogens (tertiary/aromatic N) is 1. The van der Waals surface area contributed by atoms with E-state index >= 15 is 0 Å². The van der Waals surface area contributed by atoms with Crippen LogP contribution in [0.1, 0.15) is 0 Å². The van der Waals surface area contributed by atoms with Gasteiger partial charge in [0.05, 0.1) is 26.3 Å². The molecule has 0 spiro atoms. The first-order valence-electron chi connectivity index (χ1n) is 5.11. The Kier molecular flexibility index (Phi) is 2.62. The van der Waals surface area contributed by atoms with Gasteiger partial charge in [0.15, 0.2) is 0 Å². The number of amides is 3. The second kappa shape index (κ2) is 3.94. The minimum absolute atomic E-state index is 0.0829. The van der Waals surface area contributed by atoms with Crippen LogP contribution in [0.15, 0.2) is 24.3 Å². The summed E-state index contributed by atoms with van der Waals surface area (Å²) < 4.78 is 0. The maximum Gasteiger partial charge on any atom is 0.329 e. The zero-order valence-corrected chi connectivity index (χ0v) is 9.28. The van der Waals surface area contributed by atoms with Crippen LogP contribution in [-0.4, -0.2) is 32.6 Å². The van der Waals surface area contributed by atoms with Crippen LogP contribution in [-0.2, 0) is 4.79 Å². The fraction of sp³-hybridized carbons (Fsp3) is 0.273. The van der Waals surface area contributed by atoms with E-state index in [0.29, 0.717) is 5.69 Å². The fourth-order valence-electron chi connectivity index (χ4n) is 1.63. The highest BCUT2D eigenvalue weighted by Gasteiger charge is 2.29. The lowest BCUT2D eigenvalue weighted by molar-refractivity contribution is -0.786. The Hall–Kier alpha value is -1.88. The van der Waals surface area contributed by atoms with Crippen molar-refractivity contribution in [2.75, 3.05) is 25.5 Å². The lowest BCUT2D eigenvalue weighted by atomic mass is 10.2. The SMILES string of the molecule is C[NH+](C)c1ccc(N2C(=O)CNC2=O)cc1. The molecule has 1 aliphatic heterocycles. The molecule has 0 saturated carbocycles. The standard InChI is InChI=1S/C11H13N3O2/c1-13(2)8-3-5-9(6-4-8)14-10(15)7-12-11(14)16/h3-6H,7H2,1-2H3,(H,12,16)/p+1. The third-order valence-corrected chi connectivity index (χ3v) is 2.55. The molecule has 0 atom stereocenters. The average molecular weight is 220 g/mol. The number of rotatable bonds is 2. The molecule has 2 rings (SSSR count). The molecule has 5 heteroatoms. The monoisotopic (exact) mass is 220 g/mol. The Balaban J connectivity index is 2.28. The highest BCUT2D eigenvalue weighted by atomic mass is 16.2. The zero-order chi connectivity index (χ0) is 11.7. The number of imide groups is 1. The number of quaternary nitrogens is 1. The Labute approximate surface area is 93.6 Å². The largest absolute Gasteiger partial charge is 0.329 e. The topological polar surface area (TPSA) is 53.9 Å². The molecular weight excluding hydrogens is 206 g/mol. The molecular formula is C11H14N3O2+. The van der Waals surface area contributed by atoms with Gasteiger partial charge in [-0.15, -0.1) is 0 Å². The van der Waals surface area contributed by atoms with Crippen LogP contribution < -0.4 is 15.1 Å². The predicted molar refractivity (Wildman–Crippen MR) is 59.8 cm³/mol. The first-order chi connectivity index (χ1) is 7.59. The average Bonchev–Trinajstić information content (AvgIpc) is 2.59. The van der Waals surface area contributed by atoms with Crippen molar-refractivity contribution in [3.8, 4) is 0 Å². The molecule has 0 bridgehead atoms. The molecule has 0 radical (unpaired) electrons. The van der Waals surface area contributed by atoms with Crippen LogP contribution in [0.25, 0.3) is 0 Å². The van der Waals surface area contributed by atoms with Crippen molar-refractivity contribution >= 4 is 23.3 Å². The van der Waals surface area contributed by atoms with Gasteiger partial charge in [0, 0.05) is 12.1 Å². The first-order valence-corrected chi connectivity index (χ1v) is 5.11. The number of anilines is 1. The summed E-state index contributed by atoms with van der Waals surface area (Å²) >= 11 is 0. The third-order valence-electron chi connectivity index (χ3n) is 2.55. The van der Waals surface area contributed by atoms with E-state index in [-0.39, 0.29) is 18.5 Å². The fourth-order valence-corrected chi connectivity index (χ4v) is 1.63. The van der Waals surface area contributed by atoms with Crippen molar-refractivity contribution in [2.45, 2.75) is 0 Å². The van der Waals surface area contributed by atoms with Gasteiger partial charge in [-0.25, -0.2) is 9.69 Å². The summed E-state index contributed by atoms with van der Waals surface area (Å²) in [6.07, 6.45) is 0. The smallest absolute Gasteiger partial charge is 0.328 e. The molecule has 1 fully saturated rings. The Morgan fingerprint density at radius 3 is 2.25 bits per heavy atom. The second-order valence-corrected chi connectivity index (χ2v) is 3.93. The molecule has 0 aromatic heterocycles. The van der Waals surface area contributed by atoms with Gasteiger partial charge in [-0.05, 0) is 12.1 Å². The van der Waals surface area contributed by atoms with E-state index in [0.717, 1.165) is 10.6 Å². The maximum absolute atomic E-state index is 11.4. The first kappa shape index (κ1) is 10.6. The van der Waals surface area contributed by atoms with E-state index < -0.39 is 0 Å². The number of benzene rings is 1. The van der Waals surface area contributed by atoms with E-state index in [4.69, 9.17) is 0 Å². The minimum atomic E-state index is -0.352. The van der Waals surface area contributed by atoms with Crippen molar-refractivity contribution < 1.29 is 14.5 Å². The van der Waals surface area contributed by atoms with Crippen molar-refractivity contribution in [3.05, 3.63) is 24.3 Å². The van der Waals surface area contributed by atoms with Crippen LogP contribution in [0.4, 0.5) is 16.2 Å². The van der Waals surface area contributed by atoms with Gasteiger partial charge in [0.25, 0.3) is 5.91 Å². The summed E-state index contributed by atoms with van der Waals surface area (Å²) in [5.41, 5.74) is 1.72.